The Kier molecular flexibility index (Phi) is 4.50. The highest BCUT2D eigenvalue weighted by molar-refractivity contribution is 9.11. The molecule has 1 heterocycles. The summed E-state index contributed by atoms with van der Waals surface area (Å²) in [6, 6.07) is 9.57. The van der Waals surface area contributed by atoms with Crippen LogP contribution in [0.25, 0.3) is 0 Å². The molecule has 0 saturated carbocycles. The summed E-state index contributed by atoms with van der Waals surface area (Å²) in [4.78, 5) is 1.25. The molecule has 1 aromatic heterocycles. The van der Waals surface area contributed by atoms with E-state index in [2.05, 4.69) is 22.0 Å². The van der Waals surface area contributed by atoms with Crippen molar-refractivity contribution in [3.8, 4) is 0 Å². The second-order valence-corrected chi connectivity index (χ2v) is 7.05. The van der Waals surface area contributed by atoms with Crippen molar-refractivity contribution in [3.05, 3.63) is 54.6 Å². The average molecular weight is 351 g/mol. The summed E-state index contributed by atoms with van der Waals surface area (Å²) in [5.41, 5.74) is 7.15. The zero-order chi connectivity index (χ0) is 12.4. The number of halogens is 3. The van der Waals surface area contributed by atoms with Gasteiger partial charge in [-0.2, -0.15) is 0 Å². The number of benzene rings is 1. The van der Waals surface area contributed by atoms with Crippen LogP contribution in [-0.4, -0.2) is 0 Å². The number of thiophene rings is 1. The van der Waals surface area contributed by atoms with E-state index >= 15 is 0 Å². The Morgan fingerprint density at radius 3 is 2.53 bits per heavy atom. The van der Waals surface area contributed by atoms with Gasteiger partial charge in [0.2, 0.25) is 0 Å². The van der Waals surface area contributed by atoms with E-state index in [1.165, 1.54) is 4.88 Å². The van der Waals surface area contributed by atoms with Crippen LogP contribution >= 0.6 is 50.5 Å². The van der Waals surface area contributed by atoms with Crippen LogP contribution in [0.2, 0.25) is 10.0 Å². The summed E-state index contributed by atoms with van der Waals surface area (Å²) >= 11 is 17.0. The van der Waals surface area contributed by atoms with Crippen molar-refractivity contribution < 1.29 is 0 Å². The smallest absolute Gasteiger partial charge is 0.0701 e. The lowest BCUT2D eigenvalue weighted by atomic mass is 10.0. The molecule has 0 radical (unpaired) electrons. The largest absolute Gasteiger partial charge is 0.324 e. The van der Waals surface area contributed by atoms with E-state index < -0.39 is 0 Å². The molecule has 90 valence electrons. The van der Waals surface area contributed by atoms with Gasteiger partial charge in [0.15, 0.2) is 0 Å². The Labute approximate surface area is 123 Å². The van der Waals surface area contributed by atoms with Gasteiger partial charge >= 0.3 is 0 Å². The molecule has 1 aromatic carbocycles. The van der Waals surface area contributed by atoms with Crippen LogP contribution in [0, 0.1) is 0 Å². The normalized spacial score (nSPS) is 12.7. The van der Waals surface area contributed by atoms with Gasteiger partial charge in [-0.15, -0.1) is 11.3 Å². The fraction of sp³-hybridized carbons (Fsp3) is 0.167. The molecule has 0 saturated heterocycles. The molecule has 0 aliphatic carbocycles. The van der Waals surface area contributed by atoms with Crippen molar-refractivity contribution in [1.29, 1.82) is 0 Å². The molecule has 1 atom stereocenters. The zero-order valence-corrected chi connectivity index (χ0v) is 12.7. The highest BCUT2D eigenvalue weighted by Crippen LogP contribution is 2.29. The van der Waals surface area contributed by atoms with Crippen molar-refractivity contribution in [3.63, 3.8) is 0 Å². The molecular weight excluding hydrogens is 341 g/mol. The highest BCUT2D eigenvalue weighted by atomic mass is 79.9. The third kappa shape index (κ3) is 3.46. The predicted octanol–water partition coefficient (Wildman–Crippen LogP) is 5.06. The van der Waals surface area contributed by atoms with Gasteiger partial charge in [-0.1, -0.05) is 29.3 Å². The number of nitrogens with two attached hydrogens (primary N) is 1. The molecule has 0 spiro atoms. The molecule has 0 fully saturated rings. The molecule has 0 bridgehead atoms. The van der Waals surface area contributed by atoms with E-state index in [4.69, 9.17) is 28.9 Å². The third-order valence-corrected chi connectivity index (χ3v) is 4.81. The first-order chi connectivity index (χ1) is 8.06. The second kappa shape index (κ2) is 5.72. The van der Waals surface area contributed by atoms with E-state index in [-0.39, 0.29) is 6.04 Å². The van der Waals surface area contributed by atoms with Crippen molar-refractivity contribution in [2.24, 2.45) is 5.73 Å². The van der Waals surface area contributed by atoms with Gasteiger partial charge in [-0.25, -0.2) is 0 Å². The second-order valence-electron chi connectivity index (χ2n) is 3.69. The molecule has 0 aliphatic heterocycles. The summed E-state index contributed by atoms with van der Waals surface area (Å²) in [7, 11) is 0. The molecule has 2 rings (SSSR count). The van der Waals surface area contributed by atoms with Gasteiger partial charge < -0.3 is 5.73 Å². The average Bonchev–Trinajstić information content (AvgIpc) is 2.68. The van der Waals surface area contributed by atoms with Gasteiger partial charge in [0.05, 0.1) is 13.8 Å². The van der Waals surface area contributed by atoms with Gasteiger partial charge in [0, 0.05) is 17.3 Å². The van der Waals surface area contributed by atoms with Crippen LogP contribution in [-0.2, 0) is 6.42 Å². The molecule has 5 heteroatoms. The first-order valence-electron chi connectivity index (χ1n) is 5.01. The topological polar surface area (TPSA) is 26.0 Å². The van der Waals surface area contributed by atoms with Crippen LogP contribution < -0.4 is 5.73 Å². The highest BCUT2D eigenvalue weighted by Gasteiger charge is 2.10. The maximum Gasteiger partial charge on any atom is 0.0701 e. The predicted molar refractivity (Wildman–Crippen MR) is 79.1 cm³/mol. The summed E-state index contributed by atoms with van der Waals surface area (Å²) in [5.74, 6) is 0. The molecule has 1 nitrogen and oxygen atoms in total. The monoisotopic (exact) mass is 349 g/mol. The quantitative estimate of drug-likeness (QED) is 0.822. The van der Waals surface area contributed by atoms with Crippen LogP contribution in [0.1, 0.15) is 16.5 Å². The van der Waals surface area contributed by atoms with E-state index in [1.807, 2.05) is 18.2 Å². The maximum atomic E-state index is 6.14. The van der Waals surface area contributed by atoms with Crippen molar-refractivity contribution in [2.75, 3.05) is 0 Å². The van der Waals surface area contributed by atoms with Crippen LogP contribution in [0.15, 0.2) is 34.1 Å². The van der Waals surface area contributed by atoms with Crippen molar-refractivity contribution in [1.82, 2.24) is 0 Å². The molecule has 0 aliphatic rings. The summed E-state index contributed by atoms with van der Waals surface area (Å²) < 4.78 is 1.12. The lowest BCUT2D eigenvalue weighted by Gasteiger charge is -2.11. The summed E-state index contributed by atoms with van der Waals surface area (Å²) in [6.45, 7) is 0. The van der Waals surface area contributed by atoms with E-state index in [0.717, 1.165) is 15.8 Å². The summed E-state index contributed by atoms with van der Waals surface area (Å²) in [6.07, 6.45) is 0.800. The number of hydrogen-bond donors (Lipinski definition) is 1. The minimum atomic E-state index is -0.0599. The minimum Gasteiger partial charge on any atom is -0.324 e. The first-order valence-corrected chi connectivity index (χ1v) is 7.37. The minimum absolute atomic E-state index is 0.0599. The molecule has 2 aromatic rings. The number of hydrogen-bond acceptors (Lipinski definition) is 2. The molecule has 1 unspecified atom stereocenters. The van der Waals surface area contributed by atoms with E-state index in [1.54, 1.807) is 17.4 Å². The Morgan fingerprint density at radius 2 is 1.94 bits per heavy atom. The molecule has 0 amide bonds. The lowest BCUT2D eigenvalue weighted by molar-refractivity contribution is 0.730. The maximum absolute atomic E-state index is 6.14. The van der Waals surface area contributed by atoms with E-state index in [0.29, 0.717) is 10.0 Å². The van der Waals surface area contributed by atoms with Crippen molar-refractivity contribution >= 4 is 50.5 Å². The Balaban J connectivity index is 2.14. The Bertz CT molecular complexity index is 527. The molecular formula is C12H10BrCl2NS. The fourth-order valence-electron chi connectivity index (χ4n) is 1.54. The first kappa shape index (κ1) is 13.4. The molecule has 2 N–H and O–H groups in total. The Hall–Kier alpha value is -0.0600. The van der Waals surface area contributed by atoms with Gasteiger partial charge in [-0.05, 0) is 45.8 Å². The zero-order valence-electron chi connectivity index (χ0n) is 8.79. The molecule has 17 heavy (non-hydrogen) atoms. The third-order valence-electron chi connectivity index (χ3n) is 2.42. The van der Waals surface area contributed by atoms with E-state index in [9.17, 15) is 0 Å². The standard InChI is InChI=1S/C12H10BrCl2NS/c13-12-4-2-8(17-12)6-11(16)7-1-3-9(14)10(15)5-7/h1-5,11H,6,16H2. The van der Waals surface area contributed by atoms with Gasteiger partial charge in [-0.3, -0.25) is 0 Å². The van der Waals surface area contributed by atoms with Crippen LogP contribution in [0.4, 0.5) is 0 Å². The Morgan fingerprint density at radius 1 is 1.18 bits per heavy atom. The van der Waals surface area contributed by atoms with Gasteiger partial charge in [0.1, 0.15) is 0 Å². The van der Waals surface area contributed by atoms with Gasteiger partial charge in [0.25, 0.3) is 0 Å². The SMILES string of the molecule is NC(Cc1ccc(Br)s1)c1ccc(Cl)c(Cl)c1. The lowest BCUT2D eigenvalue weighted by Crippen LogP contribution is -2.12. The van der Waals surface area contributed by atoms with Crippen LogP contribution in [0.5, 0.6) is 0 Å². The fourth-order valence-corrected chi connectivity index (χ4v) is 3.39. The summed E-state index contributed by atoms with van der Waals surface area (Å²) in [5, 5.41) is 1.11. The van der Waals surface area contributed by atoms with Crippen molar-refractivity contribution in [2.45, 2.75) is 12.5 Å². The van der Waals surface area contributed by atoms with Crippen LogP contribution in [0.3, 0.4) is 0 Å². The number of rotatable bonds is 3.